The molecule has 0 unspecified atom stereocenters. The molecule has 0 saturated heterocycles. The van der Waals surface area contributed by atoms with Crippen LogP contribution in [0.15, 0.2) is 79.3 Å². The van der Waals surface area contributed by atoms with Crippen LogP contribution in [-0.2, 0) is 6.54 Å². The monoisotopic (exact) mass is 446 g/mol. The van der Waals surface area contributed by atoms with Crippen LogP contribution in [0.25, 0.3) is 45.6 Å². The van der Waals surface area contributed by atoms with Crippen molar-refractivity contribution in [1.29, 1.82) is 0 Å². The molecule has 0 radical (unpaired) electrons. The van der Waals surface area contributed by atoms with Gasteiger partial charge in [-0.2, -0.15) is 5.10 Å². The highest BCUT2D eigenvalue weighted by Crippen LogP contribution is 2.25. The number of amides is 1. The van der Waals surface area contributed by atoms with E-state index in [9.17, 15) is 4.79 Å². The van der Waals surface area contributed by atoms with Crippen LogP contribution in [0, 0.1) is 0 Å². The fourth-order valence-corrected chi connectivity index (χ4v) is 3.83. The van der Waals surface area contributed by atoms with Crippen molar-refractivity contribution < 1.29 is 4.79 Å². The van der Waals surface area contributed by atoms with Crippen LogP contribution in [0.4, 0.5) is 0 Å². The van der Waals surface area contributed by atoms with Gasteiger partial charge in [0.05, 0.1) is 17.9 Å². The normalized spacial score (nSPS) is 12.8. The minimum Gasteiger partial charge on any atom is -0.349 e. The van der Waals surface area contributed by atoms with E-state index in [0.29, 0.717) is 41.8 Å². The van der Waals surface area contributed by atoms with Crippen molar-refractivity contribution in [3.63, 3.8) is 0 Å². The molecule has 0 saturated carbocycles. The van der Waals surface area contributed by atoms with E-state index in [2.05, 4.69) is 35.3 Å². The Morgan fingerprint density at radius 2 is 1.47 bits per heavy atom. The third-order valence-electron chi connectivity index (χ3n) is 5.53. The minimum atomic E-state index is -0.120. The molecule has 1 N–H and O–H groups in total. The van der Waals surface area contributed by atoms with E-state index in [-0.39, 0.29) is 5.91 Å². The Labute approximate surface area is 194 Å². The van der Waals surface area contributed by atoms with Gasteiger partial charge in [0.2, 0.25) is 0 Å². The first-order valence-corrected chi connectivity index (χ1v) is 10.8. The lowest BCUT2D eigenvalue weighted by Crippen LogP contribution is -2.35. The van der Waals surface area contributed by atoms with Gasteiger partial charge in [-0.05, 0) is 30.3 Å². The van der Waals surface area contributed by atoms with Gasteiger partial charge in [-0.1, -0.05) is 30.3 Å². The second kappa shape index (κ2) is 8.28. The van der Waals surface area contributed by atoms with Crippen molar-refractivity contribution in [1.82, 2.24) is 40.0 Å². The van der Waals surface area contributed by atoms with E-state index in [1.54, 1.807) is 35.4 Å². The summed E-state index contributed by atoms with van der Waals surface area (Å²) in [6.45, 7) is 1.22. The van der Waals surface area contributed by atoms with Crippen molar-refractivity contribution in [3.05, 3.63) is 84.9 Å². The molecule has 1 aliphatic rings. The molecule has 6 rings (SSSR count). The van der Waals surface area contributed by atoms with Crippen LogP contribution >= 0.6 is 0 Å². The summed E-state index contributed by atoms with van der Waals surface area (Å²) < 4.78 is 1.71. The molecule has 0 atom stereocenters. The summed E-state index contributed by atoms with van der Waals surface area (Å²) >= 11 is 0. The molecule has 0 fully saturated rings. The number of fused-ring (bicyclic) bond motifs is 1. The number of nitrogens with one attached hydrogen (secondary N) is 1. The summed E-state index contributed by atoms with van der Waals surface area (Å²) in [5.74, 6) is 1.04. The molecule has 5 heterocycles. The number of hydrogen-bond donors (Lipinski definition) is 1. The number of nitrogens with zero attached hydrogens (tertiary/aromatic N) is 7. The molecule has 9 heteroatoms. The van der Waals surface area contributed by atoms with Gasteiger partial charge in [-0.15, -0.1) is 0 Å². The summed E-state index contributed by atoms with van der Waals surface area (Å²) in [5, 5.41) is 7.37. The van der Waals surface area contributed by atoms with Crippen LogP contribution in [0.2, 0.25) is 0 Å². The molecule has 0 bridgehead atoms. The fourth-order valence-electron chi connectivity index (χ4n) is 3.83. The van der Waals surface area contributed by atoms with Crippen molar-refractivity contribution in [2.24, 2.45) is 0 Å². The first-order chi connectivity index (χ1) is 16.7. The Kier molecular flexibility index (Phi) is 4.84. The largest absolute Gasteiger partial charge is 0.349 e. The predicted molar refractivity (Wildman–Crippen MR) is 125 cm³/mol. The summed E-state index contributed by atoms with van der Waals surface area (Å²) in [6, 6.07) is 19.0. The molecular weight excluding hydrogens is 428 g/mol. The van der Waals surface area contributed by atoms with Gasteiger partial charge in [0.15, 0.2) is 11.6 Å². The van der Waals surface area contributed by atoms with Crippen LogP contribution < -0.4 is 5.32 Å². The molecule has 1 aliphatic heterocycles. The van der Waals surface area contributed by atoms with Crippen LogP contribution in [-0.4, -0.2) is 47.2 Å². The van der Waals surface area contributed by atoms with E-state index in [4.69, 9.17) is 0 Å². The number of carbonyl (C=O) groups is 1. The van der Waals surface area contributed by atoms with Crippen LogP contribution in [0.3, 0.4) is 0 Å². The number of carbonyl (C=O) groups excluding carboxylic acids is 1. The predicted octanol–water partition coefficient (Wildman–Crippen LogP) is 3.27. The standard InChI is InChI=1S/C25H18N8O/c34-25-22-15-21(32-33(22)14-13-29-25)19-9-12-27-23(31-19)17-6-4-16(5-7-17)18-8-11-28-24(30-18)20-3-1-2-10-26-20/h1-12,15H,13-14H2,(H,29,34). The molecule has 164 valence electrons. The Morgan fingerprint density at radius 3 is 2.26 bits per heavy atom. The number of hydrogen-bond acceptors (Lipinski definition) is 7. The zero-order chi connectivity index (χ0) is 22.9. The highest BCUT2D eigenvalue weighted by atomic mass is 16.2. The van der Waals surface area contributed by atoms with Gasteiger partial charge in [-0.25, -0.2) is 19.9 Å². The molecule has 1 amide bonds. The number of benzene rings is 1. The van der Waals surface area contributed by atoms with Crippen molar-refractivity contribution >= 4 is 5.91 Å². The molecule has 5 aromatic rings. The molecule has 0 aliphatic carbocycles. The third-order valence-corrected chi connectivity index (χ3v) is 5.53. The zero-order valence-corrected chi connectivity index (χ0v) is 18.0. The molecule has 1 aromatic carbocycles. The lowest BCUT2D eigenvalue weighted by molar-refractivity contribution is 0.0924. The average molecular weight is 446 g/mol. The second-order valence-electron chi connectivity index (χ2n) is 7.72. The van der Waals surface area contributed by atoms with E-state index in [1.807, 2.05) is 48.5 Å². The number of aromatic nitrogens is 7. The molecular formula is C25H18N8O. The molecule has 34 heavy (non-hydrogen) atoms. The van der Waals surface area contributed by atoms with Gasteiger partial charge in [0.25, 0.3) is 5.91 Å². The van der Waals surface area contributed by atoms with E-state index in [0.717, 1.165) is 22.5 Å². The smallest absolute Gasteiger partial charge is 0.269 e. The summed E-state index contributed by atoms with van der Waals surface area (Å²) in [6.07, 6.45) is 5.16. The van der Waals surface area contributed by atoms with Gasteiger partial charge >= 0.3 is 0 Å². The molecule has 9 nitrogen and oxygen atoms in total. The summed E-state index contributed by atoms with van der Waals surface area (Å²) in [4.78, 5) is 34.5. The lowest BCUT2D eigenvalue weighted by atomic mass is 10.1. The first-order valence-electron chi connectivity index (χ1n) is 10.8. The van der Waals surface area contributed by atoms with Gasteiger partial charge in [0, 0.05) is 36.3 Å². The van der Waals surface area contributed by atoms with Gasteiger partial charge in [-0.3, -0.25) is 14.5 Å². The SMILES string of the molecule is O=C1NCCn2nc(-c3ccnc(-c4ccc(-c5ccnc(-c6ccccn6)n5)cc4)n3)cc21. The highest BCUT2D eigenvalue weighted by molar-refractivity contribution is 5.94. The number of rotatable bonds is 4. The van der Waals surface area contributed by atoms with E-state index < -0.39 is 0 Å². The van der Waals surface area contributed by atoms with Gasteiger partial charge < -0.3 is 5.32 Å². The lowest BCUT2D eigenvalue weighted by Gasteiger charge is -2.13. The van der Waals surface area contributed by atoms with Crippen LogP contribution in [0.5, 0.6) is 0 Å². The topological polar surface area (TPSA) is 111 Å². The van der Waals surface area contributed by atoms with Crippen molar-refractivity contribution in [3.8, 4) is 45.6 Å². The number of pyridine rings is 1. The van der Waals surface area contributed by atoms with Crippen molar-refractivity contribution in [2.45, 2.75) is 6.54 Å². The maximum Gasteiger partial charge on any atom is 0.269 e. The minimum absolute atomic E-state index is 0.120. The quantitative estimate of drug-likeness (QED) is 0.451. The zero-order valence-electron chi connectivity index (χ0n) is 18.0. The Bertz CT molecular complexity index is 1500. The Hall–Kier alpha value is -4.79. The van der Waals surface area contributed by atoms with Crippen molar-refractivity contribution in [2.75, 3.05) is 6.54 Å². The second-order valence-corrected chi connectivity index (χ2v) is 7.72. The van der Waals surface area contributed by atoms with E-state index >= 15 is 0 Å². The molecule has 4 aromatic heterocycles. The summed E-state index contributed by atoms with van der Waals surface area (Å²) in [7, 11) is 0. The Morgan fingerprint density at radius 1 is 0.706 bits per heavy atom. The third kappa shape index (κ3) is 3.69. The maximum absolute atomic E-state index is 12.1. The van der Waals surface area contributed by atoms with Gasteiger partial charge in [0.1, 0.15) is 17.1 Å². The molecule has 0 spiro atoms. The Balaban J connectivity index is 1.29. The highest BCUT2D eigenvalue weighted by Gasteiger charge is 2.20. The van der Waals surface area contributed by atoms with Crippen LogP contribution in [0.1, 0.15) is 10.5 Å². The summed E-state index contributed by atoms with van der Waals surface area (Å²) in [5.41, 5.74) is 5.21. The first kappa shape index (κ1) is 19.9. The van der Waals surface area contributed by atoms with E-state index in [1.165, 1.54) is 0 Å². The maximum atomic E-state index is 12.1. The average Bonchev–Trinajstić information content (AvgIpc) is 3.36. The fraction of sp³-hybridized carbons (Fsp3) is 0.0800.